The Hall–Kier alpha value is -1.81. The summed E-state index contributed by atoms with van der Waals surface area (Å²) in [6.45, 7) is 22.0. The minimum atomic E-state index is -2.01. The summed E-state index contributed by atoms with van der Waals surface area (Å²) in [6, 6.07) is 11.6. The number of phenols is 1. The van der Waals surface area contributed by atoms with Gasteiger partial charge >= 0.3 is 0 Å². The lowest BCUT2D eigenvalue weighted by Crippen LogP contribution is -2.43. The molecular weight excluding hydrogens is 477 g/mol. The van der Waals surface area contributed by atoms with Gasteiger partial charge in [0.25, 0.3) is 0 Å². The van der Waals surface area contributed by atoms with Crippen LogP contribution in [-0.2, 0) is 6.61 Å². The van der Waals surface area contributed by atoms with Crippen molar-refractivity contribution in [3.8, 4) is 27.7 Å². The van der Waals surface area contributed by atoms with Gasteiger partial charge in [0.2, 0.25) is 16.6 Å². The zero-order valence-electron chi connectivity index (χ0n) is 22.3. The number of aliphatic hydroxyl groups excluding tert-OH is 1. The third-order valence-corrected chi connectivity index (χ3v) is 17.4. The van der Waals surface area contributed by atoms with Crippen LogP contribution in [0.4, 0.5) is 0 Å². The second kappa shape index (κ2) is 9.01. The molecule has 0 saturated heterocycles. The number of rotatable bonds is 6. The van der Waals surface area contributed by atoms with Gasteiger partial charge in [-0.05, 0) is 72.0 Å². The number of phenolic OH excluding ortho intramolecular Hbond substituents is 1. The molecular formula is C27H40O4SSi2. The van der Waals surface area contributed by atoms with Crippen LogP contribution in [0.3, 0.4) is 0 Å². The molecule has 0 atom stereocenters. The van der Waals surface area contributed by atoms with Crippen molar-refractivity contribution in [2.24, 2.45) is 0 Å². The van der Waals surface area contributed by atoms with Crippen LogP contribution >= 0.6 is 11.3 Å². The van der Waals surface area contributed by atoms with E-state index in [1.807, 2.05) is 24.3 Å². The highest BCUT2D eigenvalue weighted by Gasteiger charge is 2.40. The van der Waals surface area contributed by atoms with Crippen molar-refractivity contribution in [3.05, 3.63) is 42.0 Å². The molecule has 0 amide bonds. The zero-order valence-corrected chi connectivity index (χ0v) is 25.1. The van der Waals surface area contributed by atoms with Crippen LogP contribution in [-0.4, -0.2) is 26.8 Å². The molecule has 2 N–H and O–H groups in total. The average molecular weight is 517 g/mol. The molecule has 0 radical (unpaired) electrons. The lowest BCUT2D eigenvalue weighted by molar-refractivity contribution is 0.284. The van der Waals surface area contributed by atoms with Crippen LogP contribution in [0.25, 0.3) is 20.5 Å². The first kappa shape index (κ1) is 26.8. The molecule has 0 bridgehead atoms. The predicted molar refractivity (Wildman–Crippen MR) is 150 cm³/mol. The molecule has 2 aromatic carbocycles. The first-order valence-corrected chi connectivity index (χ1v) is 18.5. The molecule has 0 aliphatic carbocycles. The molecule has 0 unspecified atom stereocenters. The van der Waals surface area contributed by atoms with E-state index in [9.17, 15) is 10.2 Å². The third-order valence-electron chi connectivity index (χ3n) is 7.49. The van der Waals surface area contributed by atoms with Gasteiger partial charge in [-0.1, -0.05) is 41.5 Å². The smallest absolute Gasteiger partial charge is 0.250 e. The molecule has 0 aliphatic rings. The zero-order chi connectivity index (χ0) is 25.7. The lowest BCUT2D eigenvalue weighted by Gasteiger charge is -2.36. The minimum Gasteiger partial charge on any atom is -0.543 e. The van der Waals surface area contributed by atoms with E-state index in [0.29, 0.717) is 11.3 Å². The lowest BCUT2D eigenvalue weighted by atomic mass is 10.1. The summed E-state index contributed by atoms with van der Waals surface area (Å²) in [4.78, 5) is 0.873. The number of aromatic hydroxyl groups is 1. The molecule has 1 aromatic heterocycles. The molecule has 3 aromatic rings. The van der Waals surface area contributed by atoms with Gasteiger partial charge in [0.05, 0.1) is 6.61 Å². The Bertz CT molecular complexity index is 1180. The maximum atomic E-state index is 10.9. The van der Waals surface area contributed by atoms with E-state index in [2.05, 4.69) is 73.8 Å². The molecule has 0 spiro atoms. The average Bonchev–Trinajstić information content (AvgIpc) is 3.03. The van der Waals surface area contributed by atoms with Gasteiger partial charge in [-0.2, -0.15) is 0 Å². The number of aliphatic hydroxyl groups is 1. The molecule has 34 heavy (non-hydrogen) atoms. The minimum absolute atomic E-state index is 0.0705. The van der Waals surface area contributed by atoms with Gasteiger partial charge in [-0.25, -0.2) is 0 Å². The van der Waals surface area contributed by atoms with Crippen molar-refractivity contribution in [2.45, 2.75) is 84.4 Å². The Morgan fingerprint density at radius 1 is 0.794 bits per heavy atom. The summed E-state index contributed by atoms with van der Waals surface area (Å²) in [5.41, 5.74) is 1.53. The van der Waals surface area contributed by atoms with Crippen LogP contribution in [0.1, 0.15) is 47.1 Å². The Labute approximate surface area is 210 Å². The van der Waals surface area contributed by atoms with E-state index >= 15 is 0 Å². The van der Waals surface area contributed by atoms with Gasteiger partial charge in [-0.15, -0.1) is 11.3 Å². The standard InChI is InChI=1S/C27H40O4SSi2/c1-26(2,3)33(7,8)30-18-12-14-21(23(29)15-18)25-22(17-28)20-13-11-19(16-24(20)32-25)31-34(9,10)27(4,5)6/h11-16,28-29H,17H2,1-10H3. The highest BCUT2D eigenvalue weighted by atomic mass is 32.1. The van der Waals surface area contributed by atoms with Crippen molar-refractivity contribution < 1.29 is 19.1 Å². The number of fused-ring (bicyclic) bond motifs is 1. The van der Waals surface area contributed by atoms with E-state index in [4.69, 9.17) is 8.85 Å². The second-order valence-corrected chi connectivity index (χ2v) is 22.6. The SMILES string of the molecule is CC(C)(C)[Si](C)(C)Oc1ccc(-c2sc3cc(O[Si](C)(C)C(C)(C)C)ccc3c2CO)c(O)c1. The van der Waals surface area contributed by atoms with Crippen LogP contribution in [0.5, 0.6) is 17.2 Å². The molecule has 1 heterocycles. The molecule has 0 aliphatic heterocycles. The van der Waals surface area contributed by atoms with E-state index in [1.54, 1.807) is 17.4 Å². The first-order chi connectivity index (χ1) is 15.5. The first-order valence-electron chi connectivity index (χ1n) is 11.8. The molecule has 186 valence electrons. The fourth-order valence-corrected chi connectivity index (χ4v) is 6.55. The topological polar surface area (TPSA) is 58.9 Å². The van der Waals surface area contributed by atoms with Crippen LogP contribution < -0.4 is 8.85 Å². The largest absolute Gasteiger partial charge is 0.543 e. The van der Waals surface area contributed by atoms with Crippen molar-refractivity contribution in [3.63, 3.8) is 0 Å². The summed E-state index contributed by atoms with van der Waals surface area (Å²) in [7, 11) is -3.96. The monoisotopic (exact) mass is 516 g/mol. The van der Waals surface area contributed by atoms with Crippen molar-refractivity contribution in [1.82, 2.24) is 0 Å². The van der Waals surface area contributed by atoms with Crippen molar-refractivity contribution in [1.29, 1.82) is 0 Å². The highest BCUT2D eigenvalue weighted by molar-refractivity contribution is 7.22. The fraction of sp³-hybridized carbons (Fsp3) is 0.481. The van der Waals surface area contributed by atoms with Gasteiger partial charge in [0, 0.05) is 26.8 Å². The maximum Gasteiger partial charge on any atom is 0.250 e. The number of benzene rings is 2. The van der Waals surface area contributed by atoms with Gasteiger partial charge in [0.15, 0.2) is 0 Å². The van der Waals surface area contributed by atoms with Crippen LogP contribution in [0, 0.1) is 0 Å². The van der Waals surface area contributed by atoms with Crippen molar-refractivity contribution >= 4 is 38.1 Å². The molecule has 4 nitrogen and oxygen atoms in total. The van der Waals surface area contributed by atoms with E-state index in [-0.39, 0.29) is 22.4 Å². The van der Waals surface area contributed by atoms with Gasteiger partial charge in [0.1, 0.15) is 17.2 Å². The molecule has 0 fully saturated rings. The van der Waals surface area contributed by atoms with E-state index < -0.39 is 16.6 Å². The molecule has 0 saturated carbocycles. The van der Waals surface area contributed by atoms with Crippen LogP contribution in [0.2, 0.25) is 36.3 Å². The van der Waals surface area contributed by atoms with Gasteiger partial charge < -0.3 is 19.1 Å². The second-order valence-electron chi connectivity index (χ2n) is 12.1. The number of hydrogen-bond acceptors (Lipinski definition) is 5. The summed E-state index contributed by atoms with van der Waals surface area (Å²) < 4.78 is 13.9. The Morgan fingerprint density at radius 2 is 1.29 bits per heavy atom. The van der Waals surface area contributed by atoms with Crippen LogP contribution in [0.15, 0.2) is 36.4 Å². The normalized spacial score (nSPS) is 13.4. The maximum absolute atomic E-state index is 10.9. The summed E-state index contributed by atoms with van der Waals surface area (Å²) >= 11 is 1.57. The molecule has 3 rings (SSSR count). The number of hydrogen-bond donors (Lipinski definition) is 2. The molecule has 7 heteroatoms. The Kier molecular flexibility index (Phi) is 7.10. The fourth-order valence-electron chi connectivity index (χ4n) is 3.23. The predicted octanol–water partition coefficient (Wildman–Crippen LogP) is 8.53. The summed E-state index contributed by atoms with van der Waals surface area (Å²) in [5, 5.41) is 22.3. The third kappa shape index (κ3) is 5.22. The van der Waals surface area contributed by atoms with E-state index in [0.717, 1.165) is 26.3 Å². The van der Waals surface area contributed by atoms with Crippen molar-refractivity contribution in [2.75, 3.05) is 0 Å². The number of thiophene rings is 1. The quantitative estimate of drug-likeness (QED) is 0.322. The van der Waals surface area contributed by atoms with E-state index in [1.165, 1.54) is 0 Å². The summed E-state index contributed by atoms with van der Waals surface area (Å²) in [6.07, 6.45) is 0. The van der Waals surface area contributed by atoms with Gasteiger partial charge in [-0.3, -0.25) is 0 Å². The highest BCUT2D eigenvalue weighted by Crippen LogP contribution is 2.46. The Balaban J connectivity index is 2.00. The Morgan fingerprint density at radius 3 is 1.76 bits per heavy atom. The summed E-state index contributed by atoms with van der Waals surface area (Å²) in [5.74, 6) is 1.71.